The summed E-state index contributed by atoms with van der Waals surface area (Å²) in [4.78, 5) is 13.7. The quantitative estimate of drug-likeness (QED) is 0.821. The van der Waals surface area contributed by atoms with Gasteiger partial charge in [-0.2, -0.15) is 5.26 Å². The molecule has 0 spiro atoms. The maximum atomic E-state index is 12.1. The number of likely N-dealkylation sites (tertiary alicyclic amines) is 1. The van der Waals surface area contributed by atoms with E-state index in [1.807, 2.05) is 20.8 Å². The Bertz CT molecular complexity index is 400. The first-order chi connectivity index (χ1) is 9.71. The molecule has 2 unspecified atom stereocenters. The van der Waals surface area contributed by atoms with Crippen molar-refractivity contribution in [2.24, 2.45) is 5.41 Å². The number of carbonyl (C=O) groups excluding carboxylic acids is 1. The maximum absolute atomic E-state index is 12.1. The van der Waals surface area contributed by atoms with E-state index in [-0.39, 0.29) is 6.09 Å². The smallest absolute Gasteiger partial charge is 0.410 e. The van der Waals surface area contributed by atoms with E-state index < -0.39 is 17.1 Å². The van der Waals surface area contributed by atoms with Gasteiger partial charge in [-0.05, 0) is 47.1 Å². The molecule has 1 rings (SSSR count). The largest absolute Gasteiger partial charge is 0.444 e. The molecule has 1 saturated heterocycles. The number of nitrogens with zero attached hydrogens (tertiary/aromatic N) is 2. The standard InChI is InChI=1S/C15H27N3O3/c1-14(2,3)21-13(20)18-7-5-6-15(10-16,11-18)8-12(19)9-17-4/h12,17,19H,5-9,11H2,1-4H3. The minimum atomic E-state index is -0.689. The molecule has 6 heteroatoms. The zero-order valence-corrected chi connectivity index (χ0v) is 13.5. The molecule has 1 amide bonds. The van der Waals surface area contributed by atoms with Gasteiger partial charge in [0.05, 0.1) is 17.6 Å². The minimum Gasteiger partial charge on any atom is -0.444 e. The third-order valence-corrected chi connectivity index (χ3v) is 3.53. The van der Waals surface area contributed by atoms with Crippen LogP contribution in [-0.2, 0) is 4.74 Å². The van der Waals surface area contributed by atoms with Crippen molar-refractivity contribution in [1.29, 1.82) is 5.26 Å². The van der Waals surface area contributed by atoms with Crippen LogP contribution in [0.15, 0.2) is 0 Å². The second-order valence-electron chi connectivity index (χ2n) is 6.81. The van der Waals surface area contributed by atoms with Gasteiger partial charge in [-0.1, -0.05) is 0 Å². The molecule has 1 fully saturated rings. The summed E-state index contributed by atoms with van der Waals surface area (Å²) in [6.45, 7) is 6.82. The van der Waals surface area contributed by atoms with E-state index in [0.29, 0.717) is 32.5 Å². The Balaban J connectivity index is 2.72. The number of aliphatic hydroxyl groups is 1. The molecule has 120 valence electrons. The first-order valence-corrected chi connectivity index (χ1v) is 7.43. The molecule has 2 atom stereocenters. The van der Waals surface area contributed by atoms with Gasteiger partial charge in [0.1, 0.15) is 5.60 Å². The molecule has 21 heavy (non-hydrogen) atoms. The summed E-state index contributed by atoms with van der Waals surface area (Å²) in [6.07, 6.45) is 0.838. The second kappa shape index (κ2) is 7.10. The monoisotopic (exact) mass is 297 g/mol. The molecule has 0 saturated carbocycles. The lowest BCUT2D eigenvalue weighted by Gasteiger charge is -2.39. The van der Waals surface area contributed by atoms with E-state index in [1.54, 1.807) is 11.9 Å². The molecule has 0 radical (unpaired) electrons. The lowest BCUT2D eigenvalue weighted by Crippen LogP contribution is -2.48. The fraction of sp³-hybridized carbons (Fsp3) is 0.867. The van der Waals surface area contributed by atoms with Gasteiger partial charge in [-0.3, -0.25) is 0 Å². The molecule has 0 aromatic carbocycles. The minimum absolute atomic E-state index is 0.319. The van der Waals surface area contributed by atoms with Gasteiger partial charge in [0.25, 0.3) is 0 Å². The van der Waals surface area contributed by atoms with Crippen molar-refractivity contribution in [2.45, 2.75) is 51.7 Å². The highest BCUT2D eigenvalue weighted by Crippen LogP contribution is 2.34. The van der Waals surface area contributed by atoms with Crippen LogP contribution in [0.4, 0.5) is 4.79 Å². The fourth-order valence-electron chi connectivity index (χ4n) is 2.68. The van der Waals surface area contributed by atoms with Gasteiger partial charge in [-0.15, -0.1) is 0 Å². The van der Waals surface area contributed by atoms with Crippen LogP contribution in [0, 0.1) is 16.7 Å². The van der Waals surface area contributed by atoms with Crippen molar-refractivity contribution >= 4 is 6.09 Å². The molecule has 0 aliphatic carbocycles. The number of ether oxygens (including phenoxy) is 1. The van der Waals surface area contributed by atoms with Gasteiger partial charge in [-0.25, -0.2) is 4.79 Å². The van der Waals surface area contributed by atoms with E-state index in [4.69, 9.17) is 4.74 Å². The number of nitrogens with one attached hydrogen (secondary N) is 1. The number of rotatable bonds is 4. The van der Waals surface area contributed by atoms with Crippen LogP contribution in [0.1, 0.15) is 40.0 Å². The highest BCUT2D eigenvalue weighted by molar-refractivity contribution is 5.68. The third-order valence-electron chi connectivity index (χ3n) is 3.53. The summed E-state index contributed by atoms with van der Waals surface area (Å²) in [6, 6.07) is 2.32. The number of hydrogen-bond donors (Lipinski definition) is 2. The van der Waals surface area contributed by atoms with E-state index >= 15 is 0 Å². The van der Waals surface area contributed by atoms with Crippen molar-refractivity contribution < 1.29 is 14.6 Å². The van der Waals surface area contributed by atoms with Crippen molar-refractivity contribution in [3.05, 3.63) is 0 Å². The third kappa shape index (κ3) is 5.52. The highest BCUT2D eigenvalue weighted by Gasteiger charge is 2.40. The average Bonchev–Trinajstić information content (AvgIpc) is 2.37. The van der Waals surface area contributed by atoms with E-state index in [1.165, 1.54) is 0 Å². The summed E-state index contributed by atoms with van der Waals surface area (Å²) >= 11 is 0. The predicted octanol–water partition coefficient (Wildman–Crippen LogP) is 1.50. The summed E-state index contributed by atoms with van der Waals surface area (Å²) in [7, 11) is 1.76. The van der Waals surface area contributed by atoms with Crippen LogP contribution < -0.4 is 5.32 Å². The van der Waals surface area contributed by atoms with Gasteiger partial charge in [0.15, 0.2) is 0 Å². The Morgan fingerprint density at radius 3 is 2.76 bits per heavy atom. The predicted molar refractivity (Wildman–Crippen MR) is 79.6 cm³/mol. The first-order valence-electron chi connectivity index (χ1n) is 7.43. The Kier molecular flexibility index (Phi) is 5.99. The van der Waals surface area contributed by atoms with Crippen LogP contribution >= 0.6 is 0 Å². The van der Waals surface area contributed by atoms with Crippen LogP contribution in [0.2, 0.25) is 0 Å². The number of piperidine rings is 1. The SMILES string of the molecule is CNCC(O)CC1(C#N)CCCN(C(=O)OC(C)(C)C)C1. The molecule has 6 nitrogen and oxygen atoms in total. The Morgan fingerprint density at radius 2 is 2.24 bits per heavy atom. The molecular weight excluding hydrogens is 270 g/mol. The molecular formula is C15H27N3O3. The fourth-order valence-corrected chi connectivity index (χ4v) is 2.68. The number of likely N-dealkylation sites (N-methyl/N-ethyl adjacent to an activating group) is 1. The summed E-state index contributed by atoms with van der Waals surface area (Å²) in [5.41, 5.74) is -1.24. The van der Waals surface area contributed by atoms with Crippen molar-refractivity contribution in [2.75, 3.05) is 26.7 Å². The van der Waals surface area contributed by atoms with Gasteiger partial charge in [0.2, 0.25) is 0 Å². The van der Waals surface area contributed by atoms with Gasteiger partial charge in [0, 0.05) is 19.6 Å². The number of hydrogen-bond acceptors (Lipinski definition) is 5. The zero-order valence-electron chi connectivity index (χ0n) is 13.5. The van der Waals surface area contributed by atoms with Crippen LogP contribution in [-0.4, -0.2) is 54.5 Å². The van der Waals surface area contributed by atoms with Crippen LogP contribution in [0.3, 0.4) is 0 Å². The topological polar surface area (TPSA) is 85.6 Å². The summed E-state index contributed by atoms with van der Waals surface area (Å²) < 4.78 is 5.37. The van der Waals surface area contributed by atoms with E-state index in [0.717, 1.165) is 6.42 Å². The number of amides is 1. The summed E-state index contributed by atoms with van der Waals surface area (Å²) in [5, 5.41) is 22.4. The number of nitriles is 1. The summed E-state index contributed by atoms with van der Waals surface area (Å²) in [5.74, 6) is 0. The van der Waals surface area contributed by atoms with Crippen LogP contribution in [0.5, 0.6) is 0 Å². The molecule has 0 bridgehead atoms. The van der Waals surface area contributed by atoms with Gasteiger partial charge >= 0.3 is 6.09 Å². The zero-order chi connectivity index (χ0) is 16.1. The van der Waals surface area contributed by atoms with Gasteiger partial charge < -0.3 is 20.1 Å². The molecule has 1 heterocycles. The average molecular weight is 297 g/mol. The van der Waals surface area contributed by atoms with Crippen LogP contribution in [0.25, 0.3) is 0 Å². The van der Waals surface area contributed by atoms with E-state index in [2.05, 4.69) is 11.4 Å². The molecule has 0 aromatic rings. The van der Waals surface area contributed by atoms with Crippen molar-refractivity contribution in [3.8, 4) is 6.07 Å². The second-order valence-corrected chi connectivity index (χ2v) is 6.81. The normalized spacial score (nSPS) is 24.3. The highest BCUT2D eigenvalue weighted by atomic mass is 16.6. The molecule has 0 aromatic heterocycles. The molecule has 2 N–H and O–H groups in total. The lowest BCUT2D eigenvalue weighted by atomic mass is 9.77. The lowest BCUT2D eigenvalue weighted by molar-refractivity contribution is 0.00423. The number of carbonyl (C=O) groups is 1. The van der Waals surface area contributed by atoms with Crippen molar-refractivity contribution in [3.63, 3.8) is 0 Å². The molecule has 1 aliphatic heterocycles. The first kappa shape index (κ1) is 17.7. The number of aliphatic hydroxyl groups excluding tert-OH is 1. The van der Waals surface area contributed by atoms with Crippen molar-refractivity contribution in [1.82, 2.24) is 10.2 Å². The molecule has 1 aliphatic rings. The Hall–Kier alpha value is -1.32. The van der Waals surface area contributed by atoms with E-state index in [9.17, 15) is 15.2 Å². The Morgan fingerprint density at radius 1 is 1.57 bits per heavy atom. The maximum Gasteiger partial charge on any atom is 0.410 e. The Labute approximate surface area is 127 Å².